The van der Waals surface area contributed by atoms with Gasteiger partial charge in [-0.15, -0.1) is 0 Å². The Labute approximate surface area is 132 Å². The maximum atomic E-state index is 13.7. The zero-order valence-corrected chi connectivity index (χ0v) is 12.8. The van der Waals surface area contributed by atoms with Crippen molar-refractivity contribution in [2.45, 2.75) is 19.9 Å². The summed E-state index contributed by atoms with van der Waals surface area (Å²) >= 11 is 6.21. The van der Waals surface area contributed by atoms with Crippen LogP contribution >= 0.6 is 11.6 Å². The molecule has 1 aromatic heterocycles. The molecule has 5 nitrogen and oxygen atoms in total. The Morgan fingerprint density at radius 2 is 2.18 bits per heavy atom. The fraction of sp³-hybridized carbons (Fsp3) is 0.333. The van der Waals surface area contributed by atoms with Crippen molar-refractivity contribution in [3.63, 3.8) is 0 Å². The number of hydrogen-bond acceptors (Lipinski definition) is 4. The molecule has 1 aromatic carbocycles. The van der Waals surface area contributed by atoms with E-state index in [9.17, 15) is 9.18 Å². The number of aliphatic hydroxyl groups excluding tert-OH is 1. The van der Waals surface area contributed by atoms with Gasteiger partial charge in [-0.25, -0.2) is 13.9 Å². The Morgan fingerprint density at radius 1 is 1.45 bits per heavy atom. The summed E-state index contributed by atoms with van der Waals surface area (Å²) in [5.41, 5.74) is 0.856. The van der Waals surface area contributed by atoms with Crippen molar-refractivity contribution in [2.24, 2.45) is 0 Å². The molecule has 0 bridgehead atoms. The van der Waals surface area contributed by atoms with Crippen molar-refractivity contribution in [3.8, 4) is 0 Å². The highest BCUT2D eigenvalue weighted by atomic mass is 35.5. The molecule has 0 aliphatic carbocycles. The summed E-state index contributed by atoms with van der Waals surface area (Å²) in [6.07, 6.45) is 0.171. The highest BCUT2D eigenvalue weighted by molar-refractivity contribution is 6.30. The normalized spacial score (nSPS) is 10.7. The van der Waals surface area contributed by atoms with E-state index in [2.05, 4.69) is 5.10 Å². The predicted molar refractivity (Wildman–Crippen MR) is 79.5 cm³/mol. The minimum Gasteiger partial charge on any atom is -0.461 e. The average Bonchev–Trinajstić information content (AvgIpc) is 2.80. The van der Waals surface area contributed by atoms with Gasteiger partial charge in [0.1, 0.15) is 11.0 Å². The van der Waals surface area contributed by atoms with E-state index in [0.29, 0.717) is 11.1 Å². The first-order valence-corrected chi connectivity index (χ1v) is 7.22. The van der Waals surface area contributed by atoms with Gasteiger partial charge in [0.15, 0.2) is 5.69 Å². The Bertz CT molecular complexity index is 673. The number of ether oxygens (including phenoxy) is 1. The van der Waals surface area contributed by atoms with E-state index in [1.165, 1.54) is 10.7 Å². The molecule has 0 aliphatic heterocycles. The van der Waals surface area contributed by atoms with E-state index < -0.39 is 5.97 Å². The second-order valence-electron chi connectivity index (χ2n) is 4.56. The van der Waals surface area contributed by atoms with Crippen LogP contribution in [-0.2, 0) is 17.7 Å². The van der Waals surface area contributed by atoms with Crippen LogP contribution in [0, 0.1) is 5.82 Å². The molecule has 0 fully saturated rings. The van der Waals surface area contributed by atoms with Gasteiger partial charge in [-0.3, -0.25) is 0 Å². The van der Waals surface area contributed by atoms with Gasteiger partial charge < -0.3 is 9.84 Å². The van der Waals surface area contributed by atoms with Crippen LogP contribution in [0.4, 0.5) is 4.39 Å². The molecular weight excluding hydrogens is 311 g/mol. The number of aromatic nitrogens is 2. The summed E-state index contributed by atoms with van der Waals surface area (Å²) < 4.78 is 20.0. The van der Waals surface area contributed by atoms with Gasteiger partial charge in [0.2, 0.25) is 0 Å². The smallest absolute Gasteiger partial charge is 0.359 e. The lowest BCUT2D eigenvalue weighted by Crippen LogP contribution is -2.10. The summed E-state index contributed by atoms with van der Waals surface area (Å²) in [5.74, 6) is -0.990. The van der Waals surface area contributed by atoms with E-state index in [0.717, 1.165) is 0 Å². The van der Waals surface area contributed by atoms with Crippen molar-refractivity contribution < 1.29 is 19.0 Å². The van der Waals surface area contributed by atoms with Gasteiger partial charge >= 0.3 is 5.97 Å². The van der Waals surface area contributed by atoms with E-state index in [-0.39, 0.29) is 42.8 Å². The fourth-order valence-electron chi connectivity index (χ4n) is 2.07. The van der Waals surface area contributed by atoms with Crippen molar-refractivity contribution >= 4 is 17.6 Å². The fourth-order valence-corrected chi connectivity index (χ4v) is 2.35. The van der Waals surface area contributed by atoms with Gasteiger partial charge in [0.25, 0.3) is 0 Å². The summed E-state index contributed by atoms with van der Waals surface area (Å²) in [6.45, 7) is 1.79. The van der Waals surface area contributed by atoms with Gasteiger partial charge in [-0.1, -0.05) is 29.8 Å². The molecule has 0 amide bonds. The minimum absolute atomic E-state index is 0.0530. The monoisotopic (exact) mass is 326 g/mol. The summed E-state index contributed by atoms with van der Waals surface area (Å²) in [4.78, 5) is 11.9. The van der Waals surface area contributed by atoms with Crippen LogP contribution in [0.1, 0.15) is 28.5 Å². The molecule has 0 saturated carbocycles. The van der Waals surface area contributed by atoms with E-state index in [4.69, 9.17) is 21.4 Å². The van der Waals surface area contributed by atoms with E-state index in [1.54, 1.807) is 25.1 Å². The highest BCUT2D eigenvalue weighted by Gasteiger charge is 2.23. The molecule has 0 saturated heterocycles. The van der Waals surface area contributed by atoms with Gasteiger partial charge in [0, 0.05) is 24.2 Å². The van der Waals surface area contributed by atoms with Crippen molar-refractivity contribution in [1.29, 1.82) is 0 Å². The number of hydrogen-bond donors (Lipinski definition) is 1. The van der Waals surface area contributed by atoms with Gasteiger partial charge in [-0.05, 0) is 13.0 Å². The highest BCUT2D eigenvalue weighted by Crippen LogP contribution is 2.23. The molecule has 0 unspecified atom stereocenters. The lowest BCUT2D eigenvalue weighted by molar-refractivity contribution is 0.0517. The Morgan fingerprint density at radius 3 is 2.82 bits per heavy atom. The second-order valence-corrected chi connectivity index (χ2v) is 4.92. The maximum absolute atomic E-state index is 13.7. The zero-order valence-electron chi connectivity index (χ0n) is 12.1. The third kappa shape index (κ3) is 3.45. The largest absolute Gasteiger partial charge is 0.461 e. The predicted octanol–water partition coefficient (Wildman–Crippen LogP) is 2.44. The number of benzene rings is 1. The number of aliphatic hydroxyl groups is 1. The van der Waals surface area contributed by atoms with Crippen molar-refractivity contribution in [3.05, 3.63) is 52.1 Å². The first-order chi connectivity index (χ1) is 10.6. The summed E-state index contributed by atoms with van der Waals surface area (Å²) in [6, 6.07) is 6.25. The molecule has 2 aromatic rings. The van der Waals surface area contributed by atoms with Crippen molar-refractivity contribution in [2.75, 3.05) is 13.2 Å². The molecule has 0 radical (unpaired) electrons. The standard InChI is InChI=1S/C15H16ClFN2O3/c1-2-22-15(21)13-11(7-8-20)14(16)19(18-13)9-10-5-3-4-6-12(10)17/h3-6,20H,2,7-9H2,1H3. The summed E-state index contributed by atoms with van der Waals surface area (Å²) in [5, 5.41) is 13.4. The number of halogens is 2. The summed E-state index contributed by atoms with van der Waals surface area (Å²) in [7, 11) is 0. The molecule has 0 aliphatic rings. The Hall–Kier alpha value is -1.92. The molecule has 0 atom stereocenters. The van der Waals surface area contributed by atoms with Gasteiger partial charge in [0.05, 0.1) is 13.2 Å². The third-order valence-corrected chi connectivity index (χ3v) is 3.51. The van der Waals surface area contributed by atoms with Crippen molar-refractivity contribution in [1.82, 2.24) is 9.78 Å². The lowest BCUT2D eigenvalue weighted by Gasteiger charge is -2.05. The van der Waals surface area contributed by atoms with E-state index in [1.807, 2.05) is 0 Å². The average molecular weight is 327 g/mol. The quantitative estimate of drug-likeness (QED) is 0.828. The first-order valence-electron chi connectivity index (χ1n) is 6.85. The number of esters is 1. The topological polar surface area (TPSA) is 64.3 Å². The number of carbonyl (C=O) groups excluding carboxylic acids is 1. The molecule has 0 spiro atoms. The first kappa shape index (κ1) is 16.5. The number of carbonyl (C=O) groups is 1. The van der Waals surface area contributed by atoms with Gasteiger partial charge in [-0.2, -0.15) is 5.10 Å². The van der Waals surface area contributed by atoms with E-state index >= 15 is 0 Å². The number of rotatable bonds is 6. The maximum Gasteiger partial charge on any atom is 0.359 e. The van der Waals surface area contributed by atoms with Crippen LogP contribution in [0.2, 0.25) is 5.15 Å². The lowest BCUT2D eigenvalue weighted by atomic mass is 10.2. The Kier molecular flexibility index (Phi) is 5.51. The zero-order chi connectivity index (χ0) is 16.1. The molecule has 22 heavy (non-hydrogen) atoms. The van der Waals surface area contributed by atoms with Crippen LogP contribution in [-0.4, -0.2) is 34.1 Å². The van der Waals surface area contributed by atoms with Crippen LogP contribution in [0.5, 0.6) is 0 Å². The van der Waals surface area contributed by atoms with Crippen LogP contribution in [0.25, 0.3) is 0 Å². The minimum atomic E-state index is -0.611. The SMILES string of the molecule is CCOC(=O)c1nn(Cc2ccccc2F)c(Cl)c1CCO. The van der Waals surface area contributed by atoms with Crippen LogP contribution in [0.3, 0.4) is 0 Å². The molecule has 1 heterocycles. The molecule has 2 rings (SSSR count). The number of nitrogens with zero attached hydrogens (tertiary/aromatic N) is 2. The second kappa shape index (κ2) is 7.38. The molecule has 7 heteroatoms. The third-order valence-electron chi connectivity index (χ3n) is 3.09. The van der Waals surface area contributed by atoms with Crippen LogP contribution < -0.4 is 0 Å². The molecule has 1 N–H and O–H groups in total. The van der Waals surface area contributed by atoms with Crippen LogP contribution in [0.15, 0.2) is 24.3 Å². The molecule has 118 valence electrons. The molecular formula is C15H16ClFN2O3. The Balaban J connectivity index is 2.38.